The van der Waals surface area contributed by atoms with Gasteiger partial charge < -0.3 is 15.3 Å². The van der Waals surface area contributed by atoms with E-state index in [9.17, 15) is 9.90 Å². The molecule has 5 heteroatoms. The zero-order valence-corrected chi connectivity index (χ0v) is 12.4. The Hall–Kier alpha value is -0.910. The summed E-state index contributed by atoms with van der Waals surface area (Å²) in [6.07, 6.45) is 2.01. The molecule has 0 spiro atoms. The molecular formula is C14H22N2O2S. The van der Waals surface area contributed by atoms with Gasteiger partial charge in [0.05, 0.1) is 12.5 Å². The van der Waals surface area contributed by atoms with E-state index in [-0.39, 0.29) is 18.4 Å². The van der Waals surface area contributed by atoms with Crippen molar-refractivity contribution in [1.82, 2.24) is 10.2 Å². The lowest BCUT2D eigenvalue weighted by molar-refractivity contribution is -0.127. The van der Waals surface area contributed by atoms with Crippen LogP contribution in [0, 0.1) is 5.92 Å². The number of rotatable bonds is 4. The Morgan fingerprint density at radius 1 is 1.68 bits per heavy atom. The third-order valence-electron chi connectivity index (χ3n) is 3.65. The van der Waals surface area contributed by atoms with Crippen LogP contribution in [0.2, 0.25) is 0 Å². The molecule has 1 amide bonds. The fourth-order valence-electron chi connectivity index (χ4n) is 2.46. The standard InChI is InChI=1S/C14H22N2O2S/c1-14(18,12-6-4-8-19-12)10-15-13(17)11-5-3-7-16(2)9-11/h4,6,8,11,18H,3,5,7,9-10H2,1-2H3,(H,15,17). The first-order chi connectivity index (χ1) is 8.99. The Balaban J connectivity index is 1.86. The van der Waals surface area contributed by atoms with Crippen LogP contribution in [0.3, 0.4) is 0 Å². The van der Waals surface area contributed by atoms with Crippen molar-refractivity contribution in [2.24, 2.45) is 5.92 Å². The third-order valence-corrected chi connectivity index (χ3v) is 4.78. The molecule has 2 heterocycles. The van der Waals surface area contributed by atoms with Crippen molar-refractivity contribution < 1.29 is 9.90 Å². The molecule has 0 bridgehead atoms. The summed E-state index contributed by atoms with van der Waals surface area (Å²) in [5.41, 5.74) is -0.982. The molecule has 1 fully saturated rings. The lowest BCUT2D eigenvalue weighted by Gasteiger charge is -2.30. The van der Waals surface area contributed by atoms with Gasteiger partial charge in [-0.1, -0.05) is 6.07 Å². The smallest absolute Gasteiger partial charge is 0.224 e. The summed E-state index contributed by atoms with van der Waals surface area (Å²) in [6.45, 7) is 3.89. The largest absolute Gasteiger partial charge is 0.383 e. The summed E-state index contributed by atoms with van der Waals surface area (Å²) in [5, 5.41) is 15.2. The summed E-state index contributed by atoms with van der Waals surface area (Å²) in [4.78, 5) is 15.2. The van der Waals surface area contributed by atoms with Crippen LogP contribution in [0.5, 0.6) is 0 Å². The molecule has 0 saturated carbocycles. The SMILES string of the molecule is CN1CCCC(C(=O)NCC(C)(O)c2cccs2)C1. The molecular weight excluding hydrogens is 260 g/mol. The number of aliphatic hydroxyl groups is 1. The topological polar surface area (TPSA) is 52.6 Å². The van der Waals surface area contributed by atoms with Crippen molar-refractivity contribution in [3.8, 4) is 0 Å². The lowest BCUT2D eigenvalue weighted by Crippen LogP contribution is -2.45. The average Bonchev–Trinajstić information content (AvgIpc) is 2.90. The molecule has 0 radical (unpaired) electrons. The zero-order valence-electron chi connectivity index (χ0n) is 11.6. The zero-order chi connectivity index (χ0) is 13.9. The van der Waals surface area contributed by atoms with Gasteiger partial charge in [-0.3, -0.25) is 4.79 Å². The van der Waals surface area contributed by atoms with E-state index in [0.29, 0.717) is 0 Å². The van der Waals surface area contributed by atoms with Crippen LogP contribution in [0.25, 0.3) is 0 Å². The van der Waals surface area contributed by atoms with Crippen molar-refractivity contribution in [2.75, 3.05) is 26.7 Å². The molecule has 2 unspecified atom stereocenters. The van der Waals surface area contributed by atoms with Gasteiger partial charge in [0.1, 0.15) is 5.60 Å². The first-order valence-corrected chi connectivity index (χ1v) is 7.59. The molecule has 1 saturated heterocycles. The van der Waals surface area contributed by atoms with Gasteiger partial charge in [-0.25, -0.2) is 0 Å². The first-order valence-electron chi connectivity index (χ1n) is 6.71. The van der Waals surface area contributed by atoms with Crippen molar-refractivity contribution in [2.45, 2.75) is 25.4 Å². The minimum absolute atomic E-state index is 0.0536. The molecule has 2 N–H and O–H groups in total. The van der Waals surface area contributed by atoms with E-state index in [0.717, 1.165) is 30.8 Å². The molecule has 1 aromatic rings. The van der Waals surface area contributed by atoms with Gasteiger partial charge in [0.25, 0.3) is 0 Å². The molecule has 0 aliphatic carbocycles. The van der Waals surface area contributed by atoms with Gasteiger partial charge in [0.2, 0.25) is 5.91 Å². The van der Waals surface area contributed by atoms with E-state index in [1.54, 1.807) is 6.92 Å². The monoisotopic (exact) mass is 282 g/mol. The van der Waals surface area contributed by atoms with Gasteiger partial charge in [-0.15, -0.1) is 11.3 Å². The highest BCUT2D eigenvalue weighted by Gasteiger charge is 2.28. The van der Waals surface area contributed by atoms with Crippen LogP contribution in [0.15, 0.2) is 17.5 Å². The number of hydrogen-bond donors (Lipinski definition) is 2. The minimum Gasteiger partial charge on any atom is -0.383 e. The van der Waals surface area contributed by atoms with Crippen LogP contribution in [-0.2, 0) is 10.4 Å². The fraction of sp³-hybridized carbons (Fsp3) is 0.643. The van der Waals surface area contributed by atoms with E-state index in [4.69, 9.17) is 0 Å². The molecule has 2 rings (SSSR count). The predicted molar refractivity (Wildman–Crippen MR) is 77.1 cm³/mol. The number of piperidine rings is 1. The van der Waals surface area contributed by atoms with E-state index >= 15 is 0 Å². The highest BCUT2D eigenvalue weighted by Crippen LogP contribution is 2.24. The van der Waals surface area contributed by atoms with Crippen molar-refractivity contribution in [1.29, 1.82) is 0 Å². The van der Waals surface area contributed by atoms with E-state index in [1.165, 1.54) is 11.3 Å². The molecule has 1 aromatic heterocycles. The lowest BCUT2D eigenvalue weighted by atomic mass is 9.97. The van der Waals surface area contributed by atoms with Crippen LogP contribution < -0.4 is 5.32 Å². The van der Waals surface area contributed by atoms with E-state index in [2.05, 4.69) is 10.2 Å². The minimum atomic E-state index is -0.982. The summed E-state index contributed by atoms with van der Waals surface area (Å²) >= 11 is 1.51. The summed E-state index contributed by atoms with van der Waals surface area (Å²) < 4.78 is 0. The van der Waals surface area contributed by atoms with Crippen molar-refractivity contribution >= 4 is 17.2 Å². The number of nitrogens with zero attached hydrogens (tertiary/aromatic N) is 1. The summed E-state index contributed by atoms with van der Waals surface area (Å²) in [7, 11) is 2.04. The number of amides is 1. The predicted octanol–water partition coefficient (Wildman–Crippen LogP) is 1.41. The third kappa shape index (κ3) is 3.78. The van der Waals surface area contributed by atoms with Crippen LogP contribution in [0.1, 0.15) is 24.6 Å². The Morgan fingerprint density at radius 2 is 2.47 bits per heavy atom. The molecule has 0 aromatic carbocycles. The molecule has 4 nitrogen and oxygen atoms in total. The van der Waals surface area contributed by atoms with Crippen LogP contribution in [-0.4, -0.2) is 42.6 Å². The number of nitrogens with one attached hydrogen (secondary N) is 1. The summed E-state index contributed by atoms with van der Waals surface area (Å²) in [6, 6.07) is 3.80. The van der Waals surface area contributed by atoms with Gasteiger partial charge in [-0.05, 0) is 44.8 Å². The van der Waals surface area contributed by atoms with Gasteiger partial charge in [0.15, 0.2) is 0 Å². The molecule has 106 valence electrons. The second-order valence-electron chi connectivity index (χ2n) is 5.57. The maximum absolute atomic E-state index is 12.1. The Bertz CT molecular complexity index is 417. The second kappa shape index (κ2) is 6.03. The Kier molecular flexibility index (Phi) is 4.60. The molecule has 19 heavy (non-hydrogen) atoms. The van der Waals surface area contributed by atoms with E-state index < -0.39 is 5.60 Å². The Labute approximate surface area is 118 Å². The molecule has 1 aliphatic rings. The normalized spacial score (nSPS) is 23.8. The van der Waals surface area contributed by atoms with Crippen molar-refractivity contribution in [3.63, 3.8) is 0 Å². The second-order valence-corrected chi connectivity index (χ2v) is 6.52. The highest BCUT2D eigenvalue weighted by molar-refractivity contribution is 7.10. The average molecular weight is 282 g/mol. The maximum atomic E-state index is 12.1. The number of carbonyl (C=O) groups is 1. The number of thiophene rings is 1. The highest BCUT2D eigenvalue weighted by atomic mass is 32.1. The van der Waals surface area contributed by atoms with Crippen LogP contribution in [0.4, 0.5) is 0 Å². The number of hydrogen-bond acceptors (Lipinski definition) is 4. The van der Waals surface area contributed by atoms with E-state index in [1.807, 2.05) is 24.6 Å². The van der Waals surface area contributed by atoms with Gasteiger partial charge in [-0.2, -0.15) is 0 Å². The first kappa shape index (κ1) is 14.5. The Morgan fingerprint density at radius 3 is 3.11 bits per heavy atom. The van der Waals surface area contributed by atoms with Gasteiger partial charge in [0, 0.05) is 11.4 Å². The molecule has 1 aliphatic heterocycles. The van der Waals surface area contributed by atoms with Crippen LogP contribution >= 0.6 is 11.3 Å². The number of likely N-dealkylation sites (tertiary alicyclic amines) is 1. The van der Waals surface area contributed by atoms with Crippen molar-refractivity contribution in [3.05, 3.63) is 22.4 Å². The quantitative estimate of drug-likeness (QED) is 0.878. The fourth-order valence-corrected chi connectivity index (χ4v) is 3.24. The number of carbonyl (C=O) groups excluding carboxylic acids is 1. The molecule has 2 atom stereocenters. The summed E-state index contributed by atoms with van der Waals surface area (Å²) in [5.74, 6) is 0.112. The van der Waals surface area contributed by atoms with Gasteiger partial charge >= 0.3 is 0 Å². The maximum Gasteiger partial charge on any atom is 0.224 e.